The molecule has 0 unspecified atom stereocenters. The van der Waals surface area contributed by atoms with Crippen LogP contribution < -0.4 is 4.90 Å². The molecule has 0 atom stereocenters. The summed E-state index contributed by atoms with van der Waals surface area (Å²) < 4.78 is 5.33. The Morgan fingerprint density at radius 2 is 1.90 bits per heavy atom. The molecule has 10 heavy (non-hydrogen) atoms. The van der Waals surface area contributed by atoms with Crippen LogP contribution in [-0.2, 0) is 0 Å². The standard InChI is InChI=1S/C8H13NO/c1-6-5-8(9(3)4)7(2)10-6/h5H,1-4H3. The summed E-state index contributed by atoms with van der Waals surface area (Å²) in [5.74, 6) is 1.96. The Labute approximate surface area is 61.4 Å². The van der Waals surface area contributed by atoms with E-state index in [1.54, 1.807) is 0 Å². The molecule has 0 aliphatic heterocycles. The van der Waals surface area contributed by atoms with Crippen LogP contribution in [0.15, 0.2) is 10.5 Å². The highest BCUT2D eigenvalue weighted by atomic mass is 16.3. The molecule has 0 bridgehead atoms. The normalized spacial score (nSPS) is 10.0. The molecule has 0 N–H and O–H groups in total. The largest absolute Gasteiger partial charge is 0.464 e. The number of aryl methyl sites for hydroxylation is 2. The molecular weight excluding hydrogens is 126 g/mol. The molecule has 0 saturated carbocycles. The summed E-state index contributed by atoms with van der Waals surface area (Å²) in [6, 6.07) is 2.04. The van der Waals surface area contributed by atoms with E-state index in [9.17, 15) is 0 Å². The molecule has 1 heterocycles. The Balaban J connectivity index is 3.03. The Hall–Kier alpha value is -0.920. The monoisotopic (exact) mass is 139 g/mol. The molecule has 1 aromatic rings. The van der Waals surface area contributed by atoms with E-state index in [-0.39, 0.29) is 0 Å². The zero-order valence-electron chi connectivity index (χ0n) is 6.93. The Kier molecular flexibility index (Phi) is 1.70. The van der Waals surface area contributed by atoms with Gasteiger partial charge >= 0.3 is 0 Å². The minimum atomic E-state index is 0.973. The van der Waals surface area contributed by atoms with Gasteiger partial charge in [-0.05, 0) is 13.8 Å². The van der Waals surface area contributed by atoms with Crippen molar-refractivity contribution in [2.75, 3.05) is 19.0 Å². The minimum absolute atomic E-state index is 0.973. The van der Waals surface area contributed by atoms with E-state index in [4.69, 9.17) is 4.42 Å². The van der Waals surface area contributed by atoms with E-state index in [1.807, 2.05) is 38.9 Å². The molecule has 0 aromatic carbocycles. The number of nitrogens with zero attached hydrogens (tertiary/aromatic N) is 1. The summed E-state index contributed by atoms with van der Waals surface area (Å²) in [7, 11) is 4.02. The third kappa shape index (κ3) is 1.15. The number of anilines is 1. The van der Waals surface area contributed by atoms with Crippen LogP contribution >= 0.6 is 0 Å². The van der Waals surface area contributed by atoms with Crippen molar-refractivity contribution in [1.82, 2.24) is 0 Å². The summed E-state index contributed by atoms with van der Waals surface area (Å²) in [5.41, 5.74) is 1.16. The van der Waals surface area contributed by atoms with Crippen LogP contribution in [0, 0.1) is 13.8 Å². The van der Waals surface area contributed by atoms with Crippen molar-refractivity contribution in [3.8, 4) is 0 Å². The number of rotatable bonds is 1. The Bertz CT molecular complexity index is 225. The van der Waals surface area contributed by atoms with Gasteiger partial charge in [-0.2, -0.15) is 0 Å². The molecule has 2 heteroatoms. The molecule has 0 aliphatic carbocycles. The van der Waals surface area contributed by atoms with Gasteiger partial charge < -0.3 is 9.32 Å². The van der Waals surface area contributed by atoms with Crippen molar-refractivity contribution in [2.45, 2.75) is 13.8 Å². The third-order valence-electron chi connectivity index (χ3n) is 1.50. The van der Waals surface area contributed by atoms with Crippen molar-refractivity contribution >= 4 is 5.69 Å². The quantitative estimate of drug-likeness (QED) is 0.591. The van der Waals surface area contributed by atoms with E-state index >= 15 is 0 Å². The lowest BCUT2D eigenvalue weighted by Gasteiger charge is -2.08. The molecule has 0 saturated heterocycles. The third-order valence-corrected chi connectivity index (χ3v) is 1.50. The fraction of sp³-hybridized carbons (Fsp3) is 0.500. The van der Waals surface area contributed by atoms with Crippen molar-refractivity contribution in [1.29, 1.82) is 0 Å². The fourth-order valence-corrected chi connectivity index (χ4v) is 1.06. The fourth-order valence-electron chi connectivity index (χ4n) is 1.06. The van der Waals surface area contributed by atoms with Gasteiger partial charge in [0.2, 0.25) is 0 Å². The maximum atomic E-state index is 5.33. The van der Waals surface area contributed by atoms with Gasteiger partial charge in [-0.1, -0.05) is 0 Å². The van der Waals surface area contributed by atoms with Crippen molar-refractivity contribution in [2.24, 2.45) is 0 Å². The van der Waals surface area contributed by atoms with Gasteiger partial charge in [0.15, 0.2) is 0 Å². The van der Waals surface area contributed by atoms with Gasteiger partial charge in [0.05, 0.1) is 5.69 Å². The number of hydrogen-bond acceptors (Lipinski definition) is 2. The highest BCUT2D eigenvalue weighted by Crippen LogP contribution is 2.21. The average Bonchev–Trinajstić information content (AvgIpc) is 2.10. The molecule has 0 spiro atoms. The van der Waals surface area contributed by atoms with Crippen LogP contribution in [0.2, 0.25) is 0 Å². The van der Waals surface area contributed by atoms with Gasteiger partial charge in [0, 0.05) is 20.2 Å². The summed E-state index contributed by atoms with van der Waals surface area (Å²) in [5, 5.41) is 0. The highest BCUT2D eigenvalue weighted by molar-refractivity contribution is 5.48. The maximum Gasteiger partial charge on any atom is 0.124 e. The second-order valence-corrected chi connectivity index (χ2v) is 2.69. The first-order valence-electron chi connectivity index (χ1n) is 3.35. The molecule has 0 fully saturated rings. The van der Waals surface area contributed by atoms with Gasteiger partial charge in [-0.15, -0.1) is 0 Å². The van der Waals surface area contributed by atoms with Gasteiger partial charge in [0.1, 0.15) is 11.5 Å². The predicted molar refractivity (Wildman–Crippen MR) is 42.5 cm³/mol. The smallest absolute Gasteiger partial charge is 0.124 e. The van der Waals surface area contributed by atoms with Crippen LogP contribution in [0.5, 0.6) is 0 Å². The van der Waals surface area contributed by atoms with Gasteiger partial charge in [-0.25, -0.2) is 0 Å². The number of furan rings is 1. The summed E-state index contributed by atoms with van der Waals surface area (Å²) in [6.45, 7) is 3.93. The van der Waals surface area contributed by atoms with E-state index in [0.29, 0.717) is 0 Å². The van der Waals surface area contributed by atoms with Gasteiger partial charge in [-0.3, -0.25) is 0 Å². The highest BCUT2D eigenvalue weighted by Gasteiger charge is 2.04. The Morgan fingerprint density at radius 1 is 1.30 bits per heavy atom. The first-order chi connectivity index (χ1) is 4.61. The van der Waals surface area contributed by atoms with E-state index in [0.717, 1.165) is 17.2 Å². The van der Waals surface area contributed by atoms with E-state index in [1.165, 1.54) is 0 Å². The molecule has 0 amide bonds. The zero-order chi connectivity index (χ0) is 7.72. The maximum absolute atomic E-state index is 5.33. The average molecular weight is 139 g/mol. The van der Waals surface area contributed by atoms with Crippen LogP contribution in [0.25, 0.3) is 0 Å². The molecule has 1 aromatic heterocycles. The van der Waals surface area contributed by atoms with Gasteiger partial charge in [0.25, 0.3) is 0 Å². The molecule has 56 valence electrons. The molecule has 2 nitrogen and oxygen atoms in total. The van der Waals surface area contributed by atoms with Crippen LogP contribution in [-0.4, -0.2) is 14.1 Å². The molecule has 0 radical (unpaired) electrons. The summed E-state index contributed by atoms with van der Waals surface area (Å²) >= 11 is 0. The second kappa shape index (κ2) is 2.37. The predicted octanol–water partition coefficient (Wildman–Crippen LogP) is 1.96. The summed E-state index contributed by atoms with van der Waals surface area (Å²) in [6.07, 6.45) is 0. The number of hydrogen-bond donors (Lipinski definition) is 0. The lowest BCUT2D eigenvalue weighted by molar-refractivity contribution is 0.505. The first kappa shape index (κ1) is 7.19. The van der Waals surface area contributed by atoms with Crippen LogP contribution in [0.1, 0.15) is 11.5 Å². The minimum Gasteiger partial charge on any atom is -0.464 e. The molecular formula is C8H13NO. The van der Waals surface area contributed by atoms with Crippen LogP contribution in [0.3, 0.4) is 0 Å². The van der Waals surface area contributed by atoms with Crippen LogP contribution in [0.4, 0.5) is 5.69 Å². The van der Waals surface area contributed by atoms with E-state index in [2.05, 4.69) is 0 Å². The summed E-state index contributed by atoms with van der Waals surface area (Å²) in [4.78, 5) is 2.05. The molecule has 0 aliphatic rings. The topological polar surface area (TPSA) is 16.4 Å². The Morgan fingerprint density at radius 3 is 2.10 bits per heavy atom. The lowest BCUT2D eigenvalue weighted by Crippen LogP contribution is -2.08. The van der Waals surface area contributed by atoms with E-state index < -0.39 is 0 Å². The van der Waals surface area contributed by atoms with Crippen molar-refractivity contribution in [3.63, 3.8) is 0 Å². The van der Waals surface area contributed by atoms with Crippen molar-refractivity contribution < 1.29 is 4.42 Å². The van der Waals surface area contributed by atoms with Crippen molar-refractivity contribution in [3.05, 3.63) is 17.6 Å². The molecule has 1 rings (SSSR count). The first-order valence-corrected chi connectivity index (χ1v) is 3.35. The zero-order valence-corrected chi connectivity index (χ0v) is 6.93. The SMILES string of the molecule is Cc1cc(N(C)C)c(C)o1. The lowest BCUT2D eigenvalue weighted by atomic mass is 10.3. The second-order valence-electron chi connectivity index (χ2n) is 2.69.